The van der Waals surface area contributed by atoms with E-state index in [2.05, 4.69) is 5.32 Å². The molecule has 4 heteroatoms. The minimum Gasteiger partial charge on any atom is -0.357 e. The van der Waals surface area contributed by atoms with E-state index in [9.17, 15) is 4.79 Å². The Bertz CT molecular complexity index is 233. The Kier molecular flexibility index (Phi) is 2.62. The van der Waals surface area contributed by atoms with Crippen LogP contribution in [0.5, 0.6) is 0 Å². The average Bonchev–Trinajstić information content (AvgIpc) is 2.53. The zero-order valence-corrected chi connectivity index (χ0v) is 7.02. The molecule has 0 aliphatic carbocycles. The maximum atomic E-state index is 11.0. The molecule has 0 saturated carbocycles. The second-order valence-electron chi connectivity index (χ2n) is 2.11. The third kappa shape index (κ3) is 1.78. The van der Waals surface area contributed by atoms with Gasteiger partial charge in [-0.15, -0.1) is 11.3 Å². The quantitative estimate of drug-likeness (QED) is 0.679. The summed E-state index contributed by atoms with van der Waals surface area (Å²) in [4.78, 5) is 11.9. The third-order valence-corrected chi connectivity index (χ3v) is 2.33. The molecule has 0 aliphatic rings. The Morgan fingerprint density at radius 3 is 3.00 bits per heavy atom. The van der Waals surface area contributed by atoms with Gasteiger partial charge in [-0.1, -0.05) is 6.07 Å². The monoisotopic (exact) mass is 170 g/mol. The fraction of sp³-hybridized carbons (Fsp3) is 0.286. The summed E-state index contributed by atoms with van der Waals surface area (Å²) in [6, 6.07) is 3.22. The predicted octanol–water partition coefficient (Wildman–Crippen LogP) is 0.494. The number of nitrogens with one attached hydrogen (secondary N) is 1. The van der Waals surface area contributed by atoms with Crippen LogP contribution in [0.2, 0.25) is 0 Å². The van der Waals surface area contributed by atoms with Crippen LogP contribution in [0.1, 0.15) is 10.9 Å². The first-order chi connectivity index (χ1) is 5.25. The minimum absolute atomic E-state index is 0.146. The lowest BCUT2D eigenvalue weighted by molar-refractivity contribution is -0.121. The van der Waals surface area contributed by atoms with Crippen molar-refractivity contribution in [1.29, 1.82) is 0 Å². The van der Waals surface area contributed by atoms with Crippen LogP contribution in [0.15, 0.2) is 17.5 Å². The van der Waals surface area contributed by atoms with Crippen LogP contribution < -0.4 is 11.1 Å². The maximum absolute atomic E-state index is 11.0. The summed E-state index contributed by atoms with van der Waals surface area (Å²) in [5.41, 5.74) is 5.59. The molecule has 0 fully saturated rings. The highest BCUT2D eigenvalue weighted by molar-refractivity contribution is 7.10. The van der Waals surface area contributed by atoms with Crippen molar-refractivity contribution in [1.82, 2.24) is 5.32 Å². The van der Waals surface area contributed by atoms with E-state index >= 15 is 0 Å². The maximum Gasteiger partial charge on any atom is 0.242 e. The first-order valence-corrected chi connectivity index (χ1v) is 4.14. The van der Waals surface area contributed by atoms with Crippen LogP contribution in [0.25, 0.3) is 0 Å². The molecule has 1 unspecified atom stereocenters. The van der Waals surface area contributed by atoms with Crippen molar-refractivity contribution in [3.63, 3.8) is 0 Å². The van der Waals surface area contributed by atoms with Gasteiger partial charge in [0.25, 0.3) is 0 Å². The molecule has 0 aromatic carbocycles. The van der Waals surface area contributed by atoms with Crippen molar-refractivity contribution >= 4 is 17.2 Å². The number of thiophene rings is 1. The van der Waals surface area contributed by atoms with Crippen LogP contribution in [-0.4, -0.2) is 13.0 Å². The number of nitrogens with two attached hydrogens (primary N) is 1. The van der Waals surface area contributed by atoms with Gasteiger partial charge in [0.15, 0.2) is 0 Å². The van der Waals surface area contributed by atoms with Gasteiger partial charge in [-0.2, -0.15) is 0 Å². The molecule has 3 nitrogen and oxygen atoms in total. The van der Waals surface area contributed by atoms with Crippen molar-refractivity contribution in [2.24, 2.45) is 5.73 Å². The Balaban J connectivity index is 2.70. The Morgan fingerprint density at radius 2 is 2.55 bits per heavy atom. The van der Waals surface area contributed by atoms with Crippen LogP contribution in [0.3, 0.4) is 0 Å². The van der Waals surface area contributed by atoms with E-state index in [1.165, 1.54) is 11.3 Å². The van der Waals surface area contributed by atoms with Crippen molar-refractivity contribution in [3.05, 3.63) is 22.4 Å². The van der Waals surface area contributed by atoms with Gasteiger partial charge in [0.2, 0.25) is 5.91 Å². The van der Waals surface area contributed by atoms with E-state index in [-0.39, 0.29) is 5.91 Å². The molecule has 1 aromatic heterocycles. The molecule has 0 saturated heterocycles. The lowest BCUT2D eigenvalue weighted by Crippen LogP contribution is -2.30. The molecule has 1 atom stereocenters. The molecule has 0 aliphatic heterocycles. The van der Waals surface area contributed by atoms with Gasteiger partial charge in [-0.3, -0.25) is 4.79 Å². The standard InChI is InChI=1S/C7H10N2OS/c1-9-7(10)6(8)5-3-2-4-11-5/h2-4,6H,8H2,1H3,(H,9,10). The SMILES string of the molecule is CNC(=O)C(N)c1cccs1. The minimum atomic E-state index is -0.514. The fourth-order valence-corrected chi connectivity index (χ4v) is 1.48. The zero-order chi connectivity index (χ0) is 8.27. The predicted molar refractivity (Wildman–Crippen MR) is 45.3 cm³/mol. The summed E-state index contributed by atoms with van der Waals surface area (Å²) in [5, 5.41) is 4.40. The van der Waals surface area contributed by atoms with Gasteiger partial charge in [0, 0.05) is 11.9 Å². The molecule has 1 rings (SSSR count). The van der Waals surface area contributed by atoms with Crippen LogP contribution in [-0.2, 0) is 4.79 Å². The number of rotatable bonds is 2. The smallest absolute Gasteiger partial charge is 0.242 e. The Hall–Kier alpha value is -0.870. The first-order valence-electron chi connectivity index (χ1n) is 3.26. The largest absolute Gasteiger partial charge is 0.357 e. The van der Waals surface area contributed by atoms with Crippen LogP contribution in [0.4, 0.5) is 0 Å². The van der Waals surface area contributed by atoms with E-state index in [0.717, 1.165) is 4.88 Å². The van der Waals surface area contributed by atoms with Gasteiger partial charge in [0.05, 0.1) is 0 Å². The molecule has 3 N–H and O–H groups in total. The number of carbonyl (C=O) groups is 1. The zero-order valence-electron chi connectivity index (χ0n) is 6.20. The highest BCUT2D eigenvalue weighted by Crippen LogP contribution is 2.16. The number of carbonyl (C=O) groups excluding carboxylic acids is 1. The van der Waals surface area contributed by atoms with Crippen molar-refractivity contribution < 1.29 is 4.79 Å². The van der Waals surface area contributed by atoms with E-state index in [1.807, 2.05) is 17.5 Å². The van der Waals surface area contributed by atoms with Crippen LogP contribution >= 0.6 is 11.3 Å². The highest BCUT2D eigenvalue weighted by Gasteiger charge is 2.13. The summed E-state index contributed by atoms with van der Waals surface area (Å²) < 4.78 is 0. The van der Waals surface area contributed by atoms with Gasteiger partial charge >= 0.3 is 0 Å². The van der Waals surface area contributed by atoms with Gasteiger partial charge in [0.1, 0.15) is 6.04 Å². The molecule has 0 spiro atoms. The van der Waals surface area contributed by atoms with Crippen molar-refractivity contribution in [2.75, 3.05) is 7.05 Å². The van der Waals surface area contributed by atoms with E-state index < -0.39 is 6.04 Å². The number of amides is 1. The van der Waals surface area contributed by atoms with Gasteiger partial charge < -0.3 is 11.1 Å². The number of hydrogen-bond donors (Lipinski definition) is 2. The highest BCUT2D eigenvalue weighted by atomic mass is 32.1. The molecule has 1 aromatic rings. The topological polar surface area (TPSA) is 55.1 Å². The van der Waals surface area contributed by atoms with Gasteiger partial charge in [-0.25, -0.2) is 0 Å². The fourth-order valence-electron chi connectivity index (χ4n) is 0.753. The molecular weight excluding hydrogens is 160 g/mol. The first kappa shape index (κ1) is 8.23. The normalized spacial score (nSPS) is 12.5. The second kappa shape index (κ2) is 3.50. The van der Waals surface area contributed by atoms with E-state index in [1.54, 1.807) is 7.05 Å². The van der Waals surface area contributed by atoms with Crippen LogP contribution in [0, 0.1) is 0 Å². The van der Waals surface area contributed by atoms with E-state index in [4.69, 9.17) is 5.73 Å². The third-order valence-electron chi connectivity index (χ3n) is 1.38. The second-order valence-corrected chi connectivity index (χ2v) is 3.09. The van der Waals surface area contributed by atoms with E-state index in [0.29, 0.717) is 0 Å². The number of hydrogen-bond acceptors (Lipinski definition) is 3. The Labute approximate surface area is 69.2 Å². The molecule has 1 heterocycles. The molecule has 60 valence electrons. The number of likely N-dealkylation sites (N-methyl/N-ethyl adjacent to an activating group) is 1. The molecule has 0 radical (unpaired) electrons. The summed E-state index contributed by atoms with van der Waals surface area (Å²) in [6.45, 7) is 0. The summed E-state index contributed by atoms with van der Waals surface area (Å²) in [5.74, 6) is -0.146. The lowest BCUT2D eigenvalue weighted by Gasteiger charge is -2.05. The molecule has 0 bridgehead atoms. The Morgan fingerprint density at radius 1 is 1.82 bits per heavy atom. The van der Waals surface area contributed by atoms with Crippen molar-refractivity contribution in [3.8, 4) is 0 Å². The molecular formula is C7H10N2OS. The summed E-state index contributed by atoms with van der Waals surface area (Å²) >= 11 is 1.49. The molecule has 11 heavy (non-hydrogen) atoms. The van der Waals surface area contributed by atoms with Gasteiger partial charge in [-0.05, 0) is 11.4 Å². The average molecular weight is 170 g/mol. The summed E-state index contributed by atoms with van der Waals surface area (Å²) in [7, 11) is 1.58. The molecule has 1 amide bonds. The lowest BCUT2D eigenvalue weighted by atomic mass is 10.2. The van der Waals surface area contributed by atoms with Crippen molar-refractivity contribution in [2.45, 2.75) is 6.04 Å². The summed E-state index contributed by atoms with van der Waals surface area (Å²) in [6.07, 6.45) is 0.